The summed E-state index contributed by atoms with van der Waals surface area (Å²) >= 11 is 4.86. The molecule has 102 valence electrons. The number of amides is 2. The second-order valence-corrected chi connectivity index (χ2v) is 6.82. The maximum Gasteiger partial charge on any atom is 0.320 e. The highest BCUT2D eigenvalue weighted by atomic mass is 32.1. The van der Waals surface area contributed by atoms with Gasteiger partial charge in [-0.1, -0.05) is 0 Å². The third-order valence-electron chi connectivity index (χ3n) is 2.69. The van der Waals surface area contributed by atoms with Crippen LogP contribution in [0.5, 0.6) is 0 Å². The molecule has 2 amide bonds. The molecule has 0 aliphatic rings. The number of carbonyl (C=O) groups excluding carboxylic acids is 1. The monoisotopic (exact) mass is 320 g/mol. The zero-order valence-electron chi connectivity index (χ0n) is 10.5. The predicted octanol–water partition coefficient (Wildman–Crippen LogP) is 4.86. The van der Waals surface area contributed by atoms with Crippen LogP contribution in [0.1, 0.15) is 4.88 Å². The largest absolute Gasteiger partial charge is 0.333 e. The van der Waals surface area contributed by atoms with Crippen LogP contribution in [0.15, 0.2) is 45.8 Å². The first-order valence-electron chi connectivity index (χ1n) is 5.99. The first-order chi connectivity index (χ1) is 9.81. The van der Waals surface area contributed by atoms with Crippen molar-refractivity contribution in [1.29, 1.82) is 0 Å². The van der Waals surface area contributed by atoms with E-state index >= 15 is 0 Å². The zero-order chi connectivity index (χ0) is 13.8. The van der Waals surface area contributed by atoms with Gasteiger partial charge in [0.15, 0.2) is 0 Å². The lowest BCUT2D eigenvalue weighted by atomic mass is 10.2. The topological polar surface area (TPSA) is 41.1 Å². The third-order valence-corrected chi connectivity index (χ3v) is 5.09. The lowest BCUT2D eigenvalue weighted by Crippen LogP contribution is -2.27. The summed E-state index contributed by atoms with van der Waals surface area (Å²) < 4.78 is 0. The molecule has 0 aliphatic heterocycles. The Morgan fingerprint density at radius 2 is 2.05 bits per heavy atom. The van der Waals surface area contributed by atoms with E-state index in [2.05, 4.69) is 38.9 Å². The van der Waals surface area contributed by atoms with Gasteiger partial charge < -0.3 is 5.32 Å². The van der Waals surface area contributed by atoms with Gasteiger partial charge in [-0.3, -0.25) is 5.32 Å². The Bertz CT molecular complexity index is 671. The van der Waals surface area contributed by atoms with Gasteiger partial charge in [-0.2, -0.15) is 11.3 Å². The van der Waals surface area contributed by atoms with Crippen LogP contribution in [0.4, 0.5) is 9.80 Å². The van der Waals surface area contributed by atoms with Crippen LogP contribution in [0.25, 0.3) is 11.1 Å². The summed E-state index contributed by atoms with van der Waals surface area (Å²) in [5.41, 5.74) is 2.45. The highest BCUT2D eigenvalue weighted by Gasteiger charge is 2.05. The number of anilines is 1. The molecule has 0 bridgehead atoms. The van der Waals surface area contributed by atoms with E-state index in [1.165, 1.54) is 22.5 Å². The van der Waals surface area contributed by atoms with Gasteiger partial charge in [0.05, 0.1) is 11.5 Å². The minimum atomic E-state index is -0.169. The molecule has 2 N–H and O–H groups in total. The lowest BCUT2D eigenvalue weighted by molar-refractivity contribution is 0.252. The van der Waals surface area contributed by atoms with Crippen LogP contribution in [0.3, 0.4) is 0 Å². The summed E-state index contributed by atoms with van der Waals surface area (Å²) in [6, 6.07) is 7.85. The van der Waals surface area contributed by atoms with Crippen molar-refractivity contribution in [2.75, 3.05) is 5.32 Å². The van der Waals surface area contributed by atoms with E-state index in [0.29, 0.717) is 6.54 Å². The molecule has 0 radical (unpaired) electrons. The van der Waals surface area contributed by atoms with Crippen molar-refractivity contribution >= 4 is 45.0 Å². The quantitative estimate of drug-likeness (QED) is 0.708. The minimum absolute atomic E-state index is 0.169. The van der Waals surface area contributed by atoms with Crippen LogP contribution in [-0.4, -0.2) is 6.03 Å². The van der Waals surface area contributed by atoms with Crippen molar-refractivity contribution in [2.45, 2.75) is 6.54 Å². The van der Waals surface area contributed by atoms with Crippen LogP contribution in [0, 0.1) is 0 Å². The van der Waals surface area contributed by atoms with Gasteiger partial charge in [-0.05, 0) is 56.9 Å². The molecular weight excluding hydrogens is 308 g/mol. The Hall–Kier alpha value is -1.63. The number of rotatable bonds is 4. The number of nitrogens with one attached hydrogen (secondary N) is 2. The maximum absolute atomic E-state index is 11.7. The Balaban J connectivity index is 1.55. The summed E-state index contributed by atoms with van der Waals surface area (Å²) in [5, 5.41) is 14.8. The van der Waals surface area contributed by atoms with Crippen LogP contribution < -0.4 is 10.6 Å². The SMILES string of the molecule is O=C(NCc1cc(-c2ccsc2)cs1)Nc1cccs1. The van der Waals surface area contributed by atoms with Crippen molar-refractivity contribution in [3.8, 4) is 11.1 Å². The average Bonchev–Trinajstić information content (AvgIpc) is 3.18. The van der Waals surface area contributed by atoms with Gasteiger partial charge >= 0.3 is 6.03 Å². The van der Waals surface area contributed by atoms with Gasteiger partial charge in [-0.25, -0.2) is 4.79 Å². The Morgan fingerprint density at radius 1 is 1.10 bits per heavy atom. The minimum Gasteiger partial charge on any atom is -0.333 e. The molecule has 0 unspecified atom stereocenters. The van der Waals surface area contributed by atoms with Crippen molar-refractivity contribution in [3.05, 3.63) is 50.7 Å². The van der Waals surface area contributed by atoms with Gasteiger partial charge in [0.2, 0.25) is 0 Å². The normalized spacial score (nSPS) is 10.4. The van der Waals surface area contributed by atoms with Crippen molar-refractivity contribution < 1.29 is 4.79 Å². The number of hydrogen-bond acceptors (Lipinski definition) is 4. The molecule has 0 saturated carbocycles. The van der Waals surface area contributed by atoms with Crippen LogP contribution in [-0.2, 0) is 6.54 Å². The van der Waals surface area contributed by atoms with Gasteiger partial charge in [-0.15, -0.1) is 22.7 Å². The molecule has 0 spiro atoms. The average molecular weight is 320 g/mol. The standard InChI is InChI=1S/C14H12N2OS3/c17-14(16-13-2-1-4-19-13)15-7-12-6-11(9-20-12)10-3-5-18-8-10/h1-6,8-9H,7H2,(H2,15,16,17). The zero-order valence-corrected chi connectivity index (χ0v) is 12.9. The molecule has 0 fully saturated rings. The number of urea groups is 1. The van der Waals surface area contributed by atoms with Gasteiger partial charge in [0, 0.05) is 4.88 Å². The first-order valence-corrected chi connectivity index (χ1v) is 8.70. The molecule has 0 aliphatic carbocycles. The Labute approximate surface area is 128 Å². The van der Waals surface area contributed by atoms with E-state index in [9.17, 15) is 4.79 Å². The molecule has 3 nitrogen and oxygen atoms in total. The van der Waals surface area contributed by atoms with E-state index < -0.39 is 0 Å². The molecule has 0 aromatic carbocycles. The molecule has 0 atom stereocenters. The van der Waals surface area contributed by atoms with E-state index in [0.717, 1.165) is 9.88 Å². The summed E-state index contributed by atoms with van der Waals surface area (Å²) in [7, 11) is 0. The maximum atomic E-state index is 11.7. The van der Waals surface area contributed by atoms with Crippen LogP contribution >= 0.6 is 34.0 Å². The van der Waals surface area contributed by atoms with E-state index in [1.54, 1.807) is 22.7 Å². The van der Waals surface area contributed by atoms with Crippen molar-refractivity contribution in [2.24, 2.45) is 0 Å². The van der Waals surface area contributed by atoms with Crippen molar-refractivity contribution in [3.63, 3.8) is 0 Å². The van der Waals surface area contributed by atoms with E-state index in [4.69, 9.17) is 0 Å². The second kappa shape index (κ2) is 6.21. The Kier molecular flexibility index (Phi) is 4.15. The fraction of sp³-hybridized carbons (Fsp3) is 0.0714. The summed E-state index contributed by atoms with van der Waals surface area (Å²) in [6.07, 6.45) is 0. The number of thiophene rings is 3. The fourth-order valence-electron chi connectivity index (χ4n) is 1.73. The van der Waals surface area contributed by atoms with Crippen molar-refractivity contribution in [1.82, 2.24) is 5.32 Å². The molecule has 20 heavy (non-hydrogen) atoms. The summed E-state index contributed by atoms with van der Waals surface area (Å²) in [5.74, 6) is 0. The van der Waals surface area contributed by atoms with E-state index in [-0.39, 0.29) is 6.03 Å². The summed E-state index contributed by atoms with van der Waals surface area (Å²) in [6.45, 7) is 0.548. The smallest absolute Gasteiger partial charge is 0.320 e. The van der Waals surface area contributed by atoms with E-state index in [1.807, 2.05) is 17.5 Å². The second-order valence-electron chi connectivity index (χ2n) is 4.10. The third kappa shape index (κ3) is 3.27. The fourth-order valence-corrected chi connectivity index (χ4v) is 3.84. The molecule has 3 aromatic heterocycles. The summed E-state index contributed by atoms with van der Waals surface area (Å²) in [4.78, 5) is 12.9. The molecule has 6 heteroatoms. The first kappa shape index (κ1) is 13.4. The predicted molar refractivity (Wildman–Crippen MR) is 87.8 cm³/mol. The number of hydrogen-bond donors (Lipinski definition) is 2. The van der Waals surface area contributed by atoms with Gasteiger partial charge in [0.25, 0.3) is 0 Å². The molecule has 3 heterocycles. The lowest BCUT2D eigenvalue weighted by Gasteiger charge is -2.04. The Morgan fingerprint density at radius 3 is 2.80 bits per heavy atom. The molecule has 0 saturated heterocycles. The van der Waals surface area contributed by atoms with Gasteiger partial charge in [0.1, 0.15) is 0 Å². The molecular formula is C14H12N2OS3. The highest BCUT2D eigenvalue weighted by molar-refractivity contribution is 7.14. The van der Waals surface area contributed by atoms with Crippen LogP contribution in [0.2, 0.25) is 0 Å². The highest BCUT2D eigenvalue weighted by Crippen LogP contribution is 2.27. The number of carbonyl (C=O) groups is 1. The molecule has 3 aromatic rings. The molecule has 3 rings (SSSR count).